The number of urea groups is 1. The molecule has 0 radical (unpaired) electrons. The highest BCUT2D eigenvalue weighted by molar-refractivity contribution is 5.89. The van der Waals surface area contributed by atoms with Gasteiger partial charge in [-0.25, -0.2) is 4.79 Å². The first-order chi connectivity index (χ1) is 12.5. The molecule has 2 aromatic rings. The zero-order chi connectivity index (χ0) is 18.6. The fourth-order valence-corrected chi connectivity index (χ4v) is 3.63. The Morgan fingerprint density at radius 3 is 2.38 bits per heavy atom. The van der Waals surface area contributed by atoms with E-state index in [1.165, 1.54) is 16.7 Å². The first-order valence-corrected chi connectivity index (χ1v) is 9.29. The number of carbonyl (C=O) groups excluding carboxylic acids is 1. The molecular weight excluding hydrogens is 324 g/mol. The fraction of sp³-hybridized carbons (Fsp3) is 0.409. The van der Waals surface area contributed by atoms with Crippen molar-refractivity contribution >= 4 is 11.7 Å². The van der Waals surface area contributed by atoms with E-state index >= 15 is 0 Å². The van der Waals surface area contributed by atoms with E-state index < -0.39 is 0 Å². The predicted molar refractivity (Wildman–Crippen MR) is 105 cm³/mol. The molecule has 2 amide bonds. The SMILES string of the molecule is Cc1ccc(NC(=O)N2CCC(CO)(Cc3ccccc3)CC2)cc1C. The summed E-state index contributed by atoms with van der Waals surface area (Å²) in [5.41, 5.74) is 4.34. The molecule has 4 nitrogen and oxygen atoms in total. The maximum atomic E-state index is 12.6. The summed E-state index contributed by atoms with van der Waals surface area (Å²) in [4.78, 5) is 14.4. The molecule has 0 aliphatic carbocycles. The molecule has 0 aromatic heterocycles. The van der Waals surface area contributed by atoms with Crippen LogP contribution in [0.3, 0.4) is 0 Å². The van der Waals surface area contributed by atoms with Gasteiger partial charge in [0.25, 0.3) is 0 Å². The smallest absolute Gasteiger partial charge is 0.321 e. The minimum absolute atomic E-state index is 0.0560. The Kier molecular flexibility index (Phi) is 5.62. The number of benzene rings is 2. The molecule has 3 rings (SSSR count). The summed E-state index contributed by atoms with van der Waals surface area (Å²) in [6.45, 7) is 5.61. The number of hydrogen-bond acceptors (Lipinski definition) is 2. The molecule has 1 heterocycles. The van der Waals surface area contributed by atoms with Crippen molar-refractivity contribution in [3.8, 4) is 0 Å². The quantitative estimate of drug-likeness (QED) is 0.868. The second-order valence-corrected chi connectivity index (χ2v) is 7.54. The van der Waals surface area contributed by atoms with Crippen molar-refractivity contribution in [2.75, 3.05) is 25.0 Å². The molecule has 4 heteroatoms. The van der Waals surface area contributed by atoms with Gasteiger partial charge in [-0.15, -0.1) is 0 Å². The van der Waals surface area contributed by atoms with Crippen LogP contribution in [0.25, 0.3) is 0 Å². The Labute approximate surface area is 155 Å². The van der Waals surface area contributed by atoms with Gasteiger partial charge in [-0.3, -0.25) is 0 Å². The lowest BCUT2D eigenvalue weighted by molar-refractivity contribution is 0.0575. The van der Waals surface area contributed by atoms with Crippen LogP contribution in [0, 0.1) is 19.3 Å². The number of aliphatic hydroxyl groups excluding tert-OH is 1. The van der Waals surface area contributed by atoms with Gasteiger partial charge in [-0.05, 0) is 61.9 Å². The lowest BCUT2D eigenvalue weighted by atomic mass is 9.74. The number of nitrogens with zero attached hydrogens (tertiary/aromatic N) is 1. The van der Waals surface area contributed by atoms with E-state index in [-0.39, 0.29) is 18.1 Å². The number of aliphatic hydroxyl groups is 1. The number of nitrogens with one attached hydrogen (secondary N) is 1. The van der Waals surface area contributed by atoms with Gasteiger partial charge in [0.2, 0.25) is 0 Å². The topological polar surface area (TPSA) is 52.6 Å². The van der Waals surface area contributed by atoms with Gasteiger partial charge in [0, 0.05) is 30.8 Å². The minimum atomic E-state index is -0.126. The lowest BCUT2D eigenvalue weighted by Crippen LogP contribution is -2.47. The number of rotatable bonds is 4. The number of piperidine rings is 1. The summed E-state index contributed by atoms with van der Waals surface area (Å²) >= 11 is 0. The fourth-order valence-electron chi connectivity index (χ4n) is 3.63. The molecule has 1 aliphatic rings. The van der Waals surface area contributed by atoms with Gasteiger partial charge in [0.05, 0.1) is 0 Å². The summed E-state index contributed by atoms with van der Waals surface area (Å²) in [5, 5.41) is 13.0. The minimum Gasteiger partial charge on any atom is -0.396 e. The van der Waals surface area contributed by atoms with Crippen molar-refractivity contribution in [3.63, 3.8) is 0 Å². The Morgan fingerprint density at radius 1 is 1.08 bits per heavy atom. The highest BCUT2D eigenvalue weighted by Crippen LogP contribution is 2.35. The van der Waals surface area contributed by atoms with Crippen molar-refractivity contribution in [2.45, 2.75) is 33.1 Å². The van der Waals surface area contributed by atoms with Crippen molar-refractivity contribution in [3.05, 3.63) is 65.2 Å². The summed E-state index contributed by atoms with van der Waals surface area (Å²) < 4.78 is 0. The third kappa shape index (κ3) is 4.25. The van der Waals surface area contributed by atoms with Gasteiger partial charge < -0.3 is 15.3 Å². The maximum absolute atomic E-state index is 12.6. The summed E-state index contributed by atoms with van der Waals surface area (Å²) in [7, 11) is 0. The number of aryl methyl sites for hydroxylation is 2. The average molecular weight is 352 g/mol. The standard InChI is InChI=1S/C22H28N2O2/c1-17-8-9-20(14-18(17)2)23-21(26)24-12-10-22(16-25,11-13-24)15-19-6-4-3-5-7-19/h3-9,14,25H,10-13,15-16H2,1-2H3,(H,23,26). The van der Waals surface area contributed by atoms with Crippen LogP contribution in [0.2, 0.25) is 0 Å². The van der Waals surface area contributed by atoms with Crippen molar-refractivity contribution in [1.82, 2.24) is 4.90 Å². The molecule has 26 heavy (non-hydrogen) atoms. The summed E-state index contributed by atoms with van der Waals surface area (Å²) in [6, 6.07) is 16.2. The Morgan fingerprint density at radius 2 is 1.77 bits per heavy atom. The van der Waals surface area contributed by atoms with Crippen molar-refractivity contribution < 1.29 is 9.90 Å². The first kappa shape index (κ1) is 18.5. The highest BCUT2D eigenvalue weighted by Gasteiger charge is 2.35. The maximum Gasteiger partial charge on any atom is 0.321 e. The summed E-state index contributed by atoms with van der Waals surface area (Å²) in [6.07, 6.45) is 2.49. The van der Waals surface area contributed by atoms with Gasteiger partial charge in [0.1, 0.15) is 0 Å². The number of hydrogen-bond donors (Lipinski definition) is 2. The van der Waals surface area contributed by atoms with E-state index in [0.717, 1.165) is 24.9 Å². The third-order valence-corrected chi connectivity index (χ3v) is 5.63. The van der Waals surface area contributed by atoms with Gasteiger partial charge in [0.15, 0.2) is 0 Å². The van der Waals surface area contributed by atoms with Gasteiger partial charge >= 0.3 is 6.03 Å². The molecule has 0 saturated carbocycles. The Balaban J connectivity index is 1.59. The molecule has 1 aliphatic heterocycles. The van der Waals surface area contributed by atoms with E-state index in [9.17, 15) is 9.90 Å². The van der Waals surface area contributed by atoms with E-state index in [2.05, 4.69) is 24.4 Å². The van der Waals surface area contributed by atoms with Crippen LogP contribution in [-0.2, 0) is 6.42 Å². The zero-order valence-corrected chi connectivity index (χ0v) is 15.7. The molecule has 0 atom stereocenters. The molecule has 2 N–H and O–H groups in total. The monoisotopic (exact) mass is 352 g/mol. The van der Waals surface area contributed by atoms with E-state index in [1.54, 1.807) is 0 Å². The largest absolute Gasteiger partial charge is 0.396 e. The number of amides is 2. The third-order valence-electron chi connectivity index (χ3n) is 5.63. The average Bonchev–Trinajstić information content (AvgIpc) is 2.66. The molecule has 0 unspecified atom stereocenters. The predicted octanol–water partition coefficient (Wildman–Crippen LogP) is 4.15. The van der Waals surface area contributed by atoms with Crippen LogP contribution in [0.4, 0.5) is 10.5 Å². The highest BCUT2D eigenvalue weighted by atomic mass is 16.3. The second kappa shape index (κ2) is 7.92. The van der Waals surface area contributed by atoms with Gasteiger partial charge in [-0.2, -0.15) is 0 Å². The molecular formula is C22H28N2O2. The Bertz CT molecular complexity index is 750. The lowest BCUT2D eigenvalue weighted by Gasteiger charge is -2.40. The van der Waals surface area contributed by atoms with Crippen LogP contribution >= 0.6 is 0 Å². The number of likely N-dealkylation sites (tertiary alicyclic amines) is 1. The molecule has 2 aromatic carbocycles. The van der Waals surface area contributed by atoms with E-state index in [1.807, 2.05) is 48.2 Å². The normalized spacial score (nSPS) is 16.3. The van der Waals surface area contributed by atoms with E-state index in [0.29, 0.717) is 13.1 Å². The van der Waals surface area contributed by atoms with E-state index in [4.69, 9.17) is 0 Å². The Hall–Kier alpha value is -2.33. The molecule has 1 saturated heterocycles. The van der Waals surface area contributed by atoms with Crippen LogP contribution in [0.15, 0.2) is 48.5 Å². The van der Waals surface area contributed by atoms with Crippen LogP contribution < -0.4 is 5.32 Å². The molecule has 0 bridgehead atoms. The van der Waals surface area contributed by atoms with Crippen LogP contribution in [0.5, 0.6) is 0 Å². The van der Waals surface area contributed by atoms with Gasteiger partial charge in [-0.1, -0.05) is 36.4 Å². The number of carbonyl (C=O) groups is 1. The van der Waals surface area contributed by atoms with Crippen LogP contribution in [-0.4, -0.2) is 35.7 Å². The van der Waals surface area contributed by atoms with Crippen LogP contribution in [0.1, 0.15) is 29.5 Å². The summed E-state index contributed by atoms with van der Waals surface area (Å²) in [5.74, 6) is 0. The molecule has 1 fully saturated rings. The first-order valence-electron chi connectivity index (χ1n) is 9.29. The molecule has 0 spiro atoms. The number of anilines is 1. The van der Waals surface area contributed by atoms with Crippen molar-refractivity contribution in [1.29, 1.82) is 0 Å². The zero-order valence-electron chi connectivity index (χ0n) is 15.7. The van der Waals surface area contributed by atoms with Crippen molar-refractivity contribution in [2.24, 2.45) is 5.41 Å². The molecule has 138 valence electrons. The second-order valence-electron chi connectivity index (χ2n) is 7.54.